The van der Waals surface area contributed by atoms with Gasteiger partial charge in [0, 0.05) is 13.0 Å². The fraction of sp³-hybridized carbons (Fsp3) is 0.235. The number of aromatic nitrogens is 4. The van der Waals surface area contributed by atoms with Gasteiger partial charge in [-0.1, -0.05) is 53.1 Å². The van der Waals surface area contributed by atoms with Gasteiger partial charge in [-0.05, 0) is 35.0 Å². The summed E-state index contributed by atoms with van der Waals surface area (Å²) in [5.74, 6) is 0.515. The Morgan fingerprint density at radius 1 is 1.09 bits per heavy atom. The Labute approximate surface area is 134 Å². The summed E-state index contributed by atoms with van der Waals surface area (Å²) in [5.41, 5.74) is 3.15. The van der Waals surface area contributed by atoms with Gasteiger partial charge in [-0.25, -0.2) is 0 Å². The highest BCUT2D eigenvalue weighted by Gasteiger charge is 2.11. The zero-order chi connectivity index (χ0) is 16.1. The molecule has 1 heterocycles. The van der Waals surface area contributed by atoms with E-state index in [-0.39, 0.29) is 0 Å². The number of hydrogen-bond acceptors (Lipinski definition) is 5. The number of anilines is 1. The highest BCUT2D eigenvalue weighted by Crippen LogP contribution is 2.12. The molecule has 0 radical (unpaired) electrons. The second-order valence-corrected chi connectivity index (χ2v) is 5.47. The summed E-state index contributed by atoms with van der Waals surface area (Å²) < 4.78 is 1.62. The van der Waals surface area contributed by atoms with E-state index < -0.39 is 6.10 Å². The number of nitrogens with one attached hydrogen (secondary N) is 1. The molecule has 1 aromatic heterocycles. The molecule has 0 aliphatic carbocycles. The Hall–Kier alpha value is -2.73. The van der Waals surface area contributed by atoms with E-state index >= 15 is 0 Å². The lowest BCUT2D eigenvalue weighted by Gasteiger charge is -2.12. The molecule has 1 atom stereocenters. The number of benzene rings is 2. The number of aliphatic hydroxyl groups is 1. The van der Waals surface area contributed by atoms with Crippen molar-refractivity contribution in [1.29, 1.82) is 0 Å². The fourth-order valence-electron chi connectivity index (χ4n) is 2.32. The van der Waals surface area contributed by atoms with Crippen molar-refractivity contribution in [3.8, 4) is 5.69 Å². The smallest absolute Gasteiger partial charge is 0.247 e. The fourth-order valence-corrected chi connectivity index (χ4v) is 2.32. The summed E-state index contributed by atoms with van der Waals surface area (Å²) in [4.78, 5) is 0. The summed E-state index contributed by atoms with van der Waals surface area (Å²) in [6, 6.07) is 17.8. The lowest BCUT2D eigenvalue weighted by atomic mass is 10.1. The van der Waals surface area contributed by atoms with Crippen LogP contribution < -0.4 is 5.32 Å². The van der Waals surface area contributed by atoms with Crippen LogP contribution in [0.25, 0.3) is 5.69 Å². The number of rotatable bonds is 6. The molecule has 118 valence electrons. The van der Waals surface area contributed by atoms with Gasteiger partial charge >= 0.3 is 0 Å². The van der Waals surface area contributed by atoms with Crippen molar-refractivity contribution in [3.63, 3.8) is 0 Å². The van der Waals surface area contributed by atoms with Gasteiger partial charge in [0.25, 0.3) is 0 Å². The van der Waals surface area contributed by atoms with Gasteiger partial charge in [0.05, 0.1) is 11.8 Å². The Morgan fingerprint density at radius 3 is 2.57 bits per heavy atom. The van der Waals surface area contributed by atoms with Crippen LogP contribution in [0.3, 0.4) is 0 Å². The summed E-state index contributed by atoms with van der Waals surface area (Å²) in [6.07, 6.45) is 0.0699. The van der Waals surface area contributed by atoms with E-state index in [0.717, 1.165) is 11.3 Å². The first kappa shape index (κ1) is 15.2. The number of hydrogen-bond donors (Lipinski definition) is 2. The first-order valence-electron chi connectivity index (χ1n) is 7.53. The van der Waals surface area contributed by atoms with Gasteiger partial charge < -0.3 is 10.4 Å². The molecular weight excluding hydrogens is 290 g/mol. The zero-order valence-electron chi connectivity index (χ0n) is 12.9. The van der Waals surface area contributed by atoms with Crippen LogP contribution in [0.1, 0.15) is 11.1 Å². The first-order chi connectivity index (χ1) is 11.2. The zero-order valence-corrected chi connectivity index (χ0v) is 12.9. The molecule has 23 heavy (non-hydrogen) atoms. The SMILES string of the molecule is Cc1ccc(-n2nnnc2NCC(O)Cc2ccccc2)cc1. The van der Waals surface area contributed by atoms with Gasteiger partial charge in [0.2, 0.25) is 5.95 Å². The van der Waals surface area contributed by atoms with Crippen LogP contribution >= 0.6 is 0 Å². The molecule has 2 aromatic carbocycles. The number of nitrogens with zero attached hydrogens (tertiary/aromatic N) is 4. The summed E-state index contributed by atoms with van der Waals surface area (Å²) >= 11 is 0. The number of aryl methyl sites for hydroxylation is 1. The molecular formula is C17H19N5O. The quantitative estimate of drug-likeness (QED) is 0.728. The summed E-state index contributed by atoms with van der Waals surface area (Å²) in [6.45, 7) is 2.41. The van der Waals surface area contributed by atoms with Crippen LogP contribution in [0.2, 0.25) is 0 Å². The number of aliphatic hydroxyl groups excluding tert-OH is 1. The average molecular weight is 309 g/mol. The molecule has 6 nitrogen and oxygen atoms in total. The molecule has 6 heteroatoms. The first-order valence-corrected chi connectivity index (χ1v) is 7.53. The maximum Gasteiger partial charge on any atom is 0.247 e. The average Bonchev–Trinajstić information content (AvgIpc) is 3.03. The van der Waals surface area contributed by atoms with Crippen molar-refractivity contribution in [3.05, 3.63) is 65.7 Å². The largest absolute Gasteiger partial charge is 0.391 e. The predicted molar refractivity (Wildman–Crippen MR) is 88.5 cm³/mol. The van der Waals surface area contributed by atoms with Crippen LogP contribution in [0.5, 0.6) is 0 Å². The van der Waals surface area contributed by atoms with E-state index in [1.54, 1.807) is 4.68 Å². The minimum Gasteiger partial charge on any atom is -0.391 e. The van der Waals surface area contributed by atoms with Crippen molar-refractivity contribution in [2.75, 3.05) is 11.9 Å². The molecule has 0 spiro atoms. The summed E-state index contributed by atoms with van der Waals surface area (Å²) in [7, 11) is 0. The number of tetrazole rings is 1. The Morgan fingerprint density at radius 2 is 1.83 bits per heavy atom. The molecule has 3 rings (SSSR count). The molecule has 0 bridgehead atoms. The van der Waals surface area contributed by atoms with Crippen molar-refractivity contribution >= 4 is 5.95 Å². The second-order valence-electron chi connectivity index (χ2n) is 5.47. The van der Waals surface area contributed by atoms with E-state index in [4.69, 9.17) is 0 Å². The van der Waals surface area contributed by atoms with E-state index in [9.17, 15) is 5.11 Å². The van der Waals surface area contributed by atoms with Crippen molar-refractivity contribution in [2.24, 2.45) is 0 Å². The van der Waals surface area contributed by atoms with Crippen molar-refractivity contribution in [1.82, 2.24) is 20.2 Å². The van der Waals surface area contributed by atoms with E-state index in [0.29, 0.717) is 18.9 Å². The molecule has 2 N–H and O–H groups in total. The highest BCUT2D eigenvalue weighted by molar-refractivity contribution is 5.40. The van der Waals surface area contributed by atoms with Crippen molar-refractivity contribution in [2.45, 2.75) is 19.4 Å². The Kier molecular flexibility index (Phi) is 4.63. The van der Waals surface area contributed by atoms with E-state index in [1.807, 2.05) is 61.5 Å². The molecule has 1 unspecified atom stereocenters. The predicted octanol–water partition coefficient (Wildman–Crippen LogP) is 1.99. The van der Waals surface area contributed by atoms with Gasteiger partial charge in [-0.3, -0.25) is 0 Å². The molecule has 0 saturated heterocycles. The van der Waals surface area contributed by atoms with Gasteiger partial charge in [-0.2, -0.15) is 4.68 Å². The summed E-state index contributed by atoms with van der Waals surface area (Å²) in [5, 5.41) is 24.9. The second kappa shape index (κ2) is 7.02. The molecule has 3 aromatic rings. The normalized spacial score (nSPS) is 12.1. The lowest BCUT2D eigenvalue weighted by Crippen LogP contribution is -2.23. The molecule has 0 aliphatic heterocycles. The molecule has 0 amide bonds. The third-order valence-corrected chi connectivity index (χ3v) is 3.56. The standard InChI is InChI=1S/C17H19N5O/c1-13-7-9-15(10-8-13)22-17(19-20-21-22)18-12-16(23)11-14-5-3-2-4-6-14/h2-10,16,23H,11-12H2,1H3,(H,18,19,21). The highest BCUT2D eigenvalue weighted by atomic mass is 16.3. The van der Waals surface area contributed by atoms with Crippen LogP contribution in [0, 0.1) is 6.92 Å². The Balaban J connectivity index is 1.63. The van der Waals surface area contributed by atoms with E-state index in [2.05, 4.69) is 20.8 Å². The molecule has 0 fully saturated rings. The van der Waals surface area contributed by atoms with Gasteiger partial charge in [-0.15, -0.1) is 0 Å². The monoisotopic (exact) mass is 309 g/mol. The maximum absolute atomic E-state index is 10.2. The van der Waals surface area contributed by atoms with Gasteiger partial charge in [0.15, 0.2) is 0 Å². The topological polar surface area (TPSA) is 75.9 Å². The third kappa shape index (κ3) is 3.92. The molecule has 0 saturated carbocycles. The van der Waals surface area contributed by atoms with Crippen LogP contribution in [-0.2, 0) is 6.42 Å². The Bertz CT molecular complexity index is 739. The minimum atomic E-state index is -0.513. The van der Waals surface area contributed by atoms with E-state index in [1.165, 1.54) is 5.56 Å². The van der Waals surface area contributed by atoms with Crippen LogP contribution in [-0.4, -0.2) is 38.0 Å². The van der Waals surface area contributed by atoms with Crippen LogP contribution in [0.4, 0.5) is 5.95 Å². The minimum absolute atomic E-state index is 0.376. The third-order valence-electron chi connectivity index (χ3n) is 3.56. The van der Waals surface area contributed by atoms with Crippen molar-refractivity contribution < 1.29 is 5.11 Å². The van der Waals surface area contributed by atoms with Crippen LogP contribution in [0.15, 0.2) is 54.6 Å². The lowest BCUT2D eigenvalue weighted by molar-refractivity contribution is 0.188. The maximum atomic E-state index is 10.2. The van der Waals surface area contributed by atoms with Gasteiger partial charge in [0.1, 0.15) is 0 Å². The molecule has 0 aliphatic rings.